The number of amides is 2. The molecule has 136 valence electrons. The summed E-state index contributed by atoms with van der Waals surface area (Å²) in [5.74, 6) is 0.0838. The van der Waals surface area contributed by atoms with E-state index in [9.17, 15) is 9.59 Å². The fraction of sp³-hybridized carbons (Fsp3) is 0.556. The second-order valence-corrected chi connectivity index (χ2v) is 6.45. The topological polar surface area (TPSA) is 65.1 Å². The average molecular weight is 346 g/mol. The molecule has 7 heteroatoms. The number of hydrogen-bond donors (Lipinski definition) is 1. The minimum atomic E-state index is -0.0167. The zero-order valence-corrected chi connectivity index (χ0v) is 14.7. The first-order valence-electron chi connectivity index (χ1n) is 8.83. The molecule has 7 nitrogen and oxygen atoms in total. The molecule has 2 amide bonds. The van der Waals surface area contributed by atoms with Gasteiger partial charge in [-0.05, 0) is 12.1 Å². The molecule has 0 aliphatic carbocycles. The first kappa shape index (κ1) is 17.7. The number of ether oxygens (including phenoxy) is 1. The summed E-state index contributed by atoms with van der Waals surface area (Å²) >= 11 is 0. The zero-order valence-electron chi connectivity index (χ0n) is 14.7. The monoisotopic (exact) mass is 346 g/mol. The van der Waals surface area contributed by atoms with E-state index in [-0.39, 0.29) is 11.8 Å². The summed E-state index contributed by atoms with van der Waals surface area (Å²) in [4.78, 5) is 30.0. The van der Waals surface area contributed by atoms with Crippen molar-refractivity contribution in [2.45, 2.75) is 6.92 Å². The highest BCUT2D eigenvalue weighted by molar-refractivity contribution is 5.95. The lowest BCUT2D eigenvalue weighted by Crippen LogP contribution is -2.49. The molecule has 25 heavy (non-hydrogen) atoms. The summed E-state index contributed by atoms with van der Waals surface area (Å²) in [5.41, 5.74) is 1.89. The van der Waals surface area contributed by atoms with Gasteiger partial charge >= 0.3 is 0 Å². The molecule has 1 N–H and O–H groups in total. The van der Waals surface area contributed by atoms with Crippen molar-refractivity contribution in [3.05, 3.63) is 24.3 Å². The summed E-state index contributed by atoms with van der Waals surface area (Å²) in [7, 11) is 0. The molecule has 0 aromatic heterocycles. The lowest BCUT2D eigenvalue weighted by atomic mass is 10.2. The van der Waals surface area contributed by atoms with Gasteiger partial charge in [0, 0.05) is 46.2 Å². The third kappa shape index (κ3) is 4.70. The minimum absolute atomic E-state index is 0.0167. The Morgan fingerprint density at radius 3 is 2.40 bits per heavy atom. The van der Waals surface area contributed by atoms with Crippen LogP contribution in [-0.2, 0) is 14.3 Å². The molecular formula is C18H26N4O3. The van der Waals surface area contributed by atoms with Crippen molar-refractivity contribution >= 4 is 23.2 Å². The number of carbonyl (C=O) groups is 2. The lowest BCUT2D eigenvalue weighted by Gasteiger charge is -2.34. The molecule has 2 saturated heterocycles. The van der Waals surface area contributed by atoms with Gasteiger partial charge in [-0.25, -0.2) is 0 Å². The summed E-state index contributed by atoms with van der Waals surface area (Å²) in [6, 6.07) is 7.90. The Morgan fingerprint density at radius 2 is 1.72 bits per heavy atom. The molecule has 2 heterocycles. The van der Waals surface area contributed by atoms with Crippen molar-refractivity contribution in [2.75, 3.05) is 69.2 Å². The SMILES string of the molecule is CC(=O)N1CCN(CC(=O)Nc2ccccc2N2CCOCC2)CC1. The van der Waals surface area contributed by atoms with Crippen LogP contribution in [0.4, 0.5) is 11.4 Å². The van der Waals surface area contributed by atoms with Crippen LogP contribution in [0.1, 0.15) is 6.92 Å². The van der Waals surface area contributed by atoms with Gasteiger partial charge in [0.1, 0.15) is 0 Å². The van der Waals surface area contributed by atoms with Crippen LogP contribution in [0.5, 0.6) is 0 Å². The number of hydrogen-bond acceptors (Lipinski definition) is 5. The van der Waals surface area contributed by atoms with Gasteiger partial charge in [0.05, 0.1) is 31.1 Å². The summed E-state index contributed by atoms with van der Waals surface area (Å²) < 4.78 is 5.40. The molecule has 0 bridgehead atoms. The molecule has 3 rings (SSSR count). The Hall–Kier alpha value is -2.12. The molecular weight excluding hydrogens is 320 g/mol. The van der Waals surface area contributed by atoms with E-state index in [0.29, 0.717) is 32.8 Å². The van der Waals surface area contributed by atoms with E-state index >= 15 is 0 Å². The maximum Gasteiger partial charge on any atom is 0.238 e. The molecule has 0 atom stereocenters. The highest BCUT2D eigenvalue weighted by Gasteiger charge is 2.21. The van der Waals surface area contributed by atoms with Crippen molar-refractivity contribution in [3.63, 3.8) is 0 Å². The number of para-hydroxylation sites is 2. The largest absolute Gasteiger partial charge is 0.378 e. The molecule has 1 aromatic rings. The number of rotatable bonds is 4. The lowest BCUT2D eigenvalue weighted by molar-refractivity contribution is -0.130. The third-order valence-electron chi connectivity index (χ3n) is 4.71. The van der Waals surface area contributed by atoms with Crippen LogP contribution >= 0.6 is 0 Å². The van der Waals surface area contributed by atoms with Crippen LogP contribution in [0.3, 0.4) is 0 Å². The number of benzene rings is 1. The summed E-state index contributed by atoms with van der Waals surface area (Å²) in [5, 5.41) is 3.05. The zero-order chi connectivity index (χ0) is 17.6. The van der Waals surface area contributed by atoms with E-state index in [0.717, 1.165) is 37.6 Å². The third-order valence-corrected chi connectivity index (χ3v) is 4.71. The standard InChI is InChI=1S/C18H26N4O3/c1-15(23)21-8-6-20(7-9-21)14-18(24)19-16-4-2-3-5-17(16)22-10-12-25-13-11-22/h2-5H,6-14H2,1H3,(H,19,24). The maximum atomic E-state index is 12.5. The Morgan fingerprint density at radius 1 is 1.04 bits per heavy atom. The van der Waals surface area contributed by atoms with Gasteiger partial charge in [0.2, 0.25) is 11.8 Å². The Labute approximate surface area is 148 Å². The van der Waals surface area contributed by atoms with Crippen LogP contribution in [0.2, 0.25) is 0 Å². The van der Waals surface area contributed by atoms with E-state index < -0.39 is 0 Å². The van der Waals surface area contributed by atoms with Crippen LogP contribution in [-0.4, -0.2) is 80.6 Å². The average Bonchev–Trinajstić information content (AvgIpc) is 2.63. The van der Waals surface area contributed by atoms with Crippen molar-refractivity contribution in [1.29, 1.82) is 0 Å². The maximum absolute atomic E-state index is 12.5. The van der Waals surface area contributed by atoms with Crippen LogP contribution in [0.25, 0.3) is 0 Å². The molecule has 1 aromatic carbocycles. The second kappa shape index (κ2) is 8.31. The Bertz CT molecular complexity index is 608. The predicted molar refractivity (Wildman–Crippen MR) is 96.8 cm³/mol. The Kier molecular flexibility index (Phi) is 5.88. The van der Waals surface area contributed by atoms with E-state index in [4.69, 9.17) is 4.74 Å². The van der Waals surface area contributed by atoms with E-state index in [2.05, 4.69) is 15.1 Å². The minimum Gasteiger partial charge on any atom is -0.378 e. The number of anilines is 2. The first-order valence-corrected chi connectivity index (χ1v) is 8.83. The number of carbonyl (C=O) groups excluding carboxylic acids is 2. The van der Waals surface area contributed by atoms with Crippen molar-refractivity contribution < 1.29 is 14.3 Å². The normalized spacial score (nSPS) is 18.9. The molecule has 0 spiro atoms. The van der Waals surface area contributed by atoms with Gasteiger partial charge in [-0.3, -0.25) is 14.5 Å². The van der Waals surface area contributed by atoms with Gasteiger partial charge < -0.3 is 19.9 Å². The van der Waals surface area contributed by atoms with Crippen molar-refractivity contribution in [2.24, 2.45) is 0 Å². The fourth-order valence-electron chi connectivity index (χ4n) is 3.27. The molecule has 0 saturated carbocycles. The summed E-state index contributed by atoms with van der Waals surface area (Å²) in [6.45, 7) is 7.87. The van der Waals surface area contributed by atoms with Crippen LogP contribution < -0.4 is 10.2 Å². The summed E-state index contributed by atoms with van der Waals surface area (Å²) in [6.07, 6.45) is 0. The highest BCUT2D eigenvalue weighted by atomic mass is 16.5. The molecule has 2 fully saturated rings. The quantitative estimate of drug-likeness (QED) is 0.866. The van der Waals surface area contributed by atoms with E-state index in [1.54, 1.807) is 6.92 Å². The molecule has 0 unspecified atom stereocenters. The van der Waals surface area contributed by atoms with Crippen molar-refractivity contribution in [3.8, 4) is 0 Å². The Balaban J connectivity index is 1.55. The molecule has 0 radical (unpaired) electrons. The van der Waals surface area contributed by atoms with E-state index in [1.165, 1.54) is 0 Å². The second-order valence-electron chi connectivity index (χ2n) is 6.45. The molecule has 2 aliphatic rings. The van der Waals surface area contributed by atoms with Crippen LogP contribution in [0.15, 0.2) is 24.3 Å². The van der Waals surface area contributed by atoms with Crippen molar-refractivity contribution in [1.82, 2.24) is 9.80 Å². The van der Waals surface area contributed by atoms with E-state index in [1.807, 2.05) is 29.2 Å². The molecule has 2 aliphatic heterocycles. The predicted octanol–water partition coefficient (Wildman–Crippen LogP) is 0.626. The fourth-order valence-corrected chi connectivity index (χ4v) is 3.27. The number of morpholine rings is 1. The number of nitrogens with one attached hydrogen (secondary N) is 1. The van der Waals surface area contributed by atoms with Gasteiger partial charge in [-0.1, -0.05) is 12.1 Å². The number of piperazine rings is 1. The van der Waals surface area contributed by atoms with Gasteiger partial charge in [-0.15, -0.1) is 0 Å². The van der Waals surface area contributed by atoms with Crippen LogP contribution in [0, 0.1) is 0 Å². The highest BCUT2D eigenvalue weighted by Crippen LogP contribution is 2.26. The van der Waals surface area contributed by atoms with Gasteiger partial charge in [-0.2, -0.15) is 0 Å². The van der Waals surface area contributed by atoms with Gasteiger partial charge in [0.15, 0.2) is 0 Å². The number of nitrogens with zero attached hydrogens (tertiary/aromatic N) is 3. The first-order chi connectivity index (χ1) is 12.1. The smallest absolute Gasteiger partial charge is 0.238 e. The van der Waals surface area contributed by atoms with Gasteiger partial charge in [0.25, 0.3) is 0 Å².